The number of nitrogens with one attached hydrogen (secondary N) is 1. The minimum atomic E-state index is -5.08. The summed E-state index contributed by atoms with van der Waals surface area (Å²) in [4.78, 5) is 28.0. The molecule has 0 bridgehead atoms. The predicted molar refractivity (Wildman–Crippen MR) is 103 cm³/mol. The van der Waals surface area contributed by atoms with Crippen LogP contribution in [-0.4, -0.2) is 53.9 Å². The average molecular weight is 454 g/mol. The molecule has 4 heterocycles. The molecule has 1 aliphatic heterocycles. The number of furan rings is 1. The van der Waals surface area contributed by atoms with E-state index in [0.29, 0.717) is 12.1 Å². The van der Waals surface area contributed by atoms with Crippen molar-refractivity contribution < 1.29 is 32.3 Å². The number of halogens is 3. The molecule has 1 amide bonds. The van der Waals surface area contributed by atoms with Crippen LogP contribution >= 0.6 is 0 Å². The molecule has 0 fully saturated rings. The fourth-order valence-electron chi connectivity index (χ4n) is 3.03. The van der Waals surface area contributed by atoms with Crippen LogP contribution in [0.5, 0.6) is 0 Å². The lowest BCUT2D eigenvalue weighted by Gasteiger charge is -2.26. The van der Waals surface area contributed by atoms with E-state index in [-0.39, 0.29) is 5.91 Å². The number of nitrogens with zero attached hydrogens (tertiary/aromatic N) is 5. The normalized spacial score (nSPS) is 13.8. The Morgan fingerprint density at radius 1 is 1.28 bits per heavy atom. The Bertz CT molecular complexity index is 1060. The van der Waals surface area contributed by atoms with Gasteiger partial charge in [-0.05, 0) is 6.07 Å². The average Bonchev–Trinajstić information content (AvgIpc) is 3.46. The van der Waals surface area contributed by atoms with Gasteiger partial charge < -0.3 is 19.4 Å². The highest BCUT2D eigenvalue weighted by Gasteiger charge is 2.38. The topological polar surface area (TPSA) is 118 Å². The molecule has 10 nitrogen and oxygen atoms in total. The van der Waals surface area contributed by atoms with Crippen LogP contribution in [0, 0.1) is 0 Å². The van der Waals surface area contributed by atoms with Crippen LogP contribution in [-0.2, 0) is 38.0 Å². The summed E-state index contributed by atoms with van der Waals surface area (Å²) in [6, 6.07) is 1.99. The first-order valence-corrected chi connectivity index (χ1v) is 9.47. The van der Waals surface area contributed by atoms with Crippen LogP contribution in [0.2, 0.25) is 0 Å². The Labute approximate surface area is 180 Å². The molecule has 13 heteroatoms. The molecule has 172 valence electrons. The molecular weight excluding hydrogens is 433 g/mol. The number of rotatable bonds is 5. The maximum absolute atomic E-state index is 12.1. The maximum Gasteiger partial charge on any atom is 0.490 e. The molecule has 0 aromatic carbocycles. The third kappa shape index (κ3) is 6.20. The van der Waals surface area contributed by atoms with E-state index < -0.39 is 12.1 Å². The number of aryl methyl sites for hydroxylation is 1. The number of aliphatic carboxylic acids is 1. The number of fused-ring (bicyclic) bond motifs is 1. The Morgan fingerprint density at radius 3 is 2.62 bits per heavy atom. The van der Waals surface area contributed by atoms with E-state index in [9.17, 15) is 18.0 Å². The van der Waals surface area contributed by atoms with Gasteiger partial charge in [-0.3, -0.25) is 14.4 Å². The van der Waals surface area contributed by atoms with E-state index in [4.69, 9.17) is 14.3 Å². The number of carbonyl (C=O) groups excluding carboxylic acids is 1. The quantitative estimate of drug-likeness (QED) is 0.603. The molecule has 2 N–H and O–H groups in total. The minimum absolute atomic E-state index is 0.138. The van der Waals surface area contributed by atoms with Crippen LogP contribution in [0.3, 0.4) is 0 Å². The number of imidazole rings is 1. The van der Waals surface area contributed by atoms with Crippen molar-refractivity contribution in [1.29, 1.82) is 0 Å². The number of alkyl halides is 3. The number of carbonyl (C=O) groups is 2. The summed E-state index contributed by atoms with van der Waals surface area (Å²) in [5, 5.41) is 14.0. The van der Waals surface area contributed by atoms with Crippen molar-refractivity contribution in [2.24, 2.45) is 7.05 Å². The molecule has 0 unspecified atom stereocenters. The lowest BCUT2D eigenvalue weighted by atomic mass is 10.3. The molecule has 0 radical (unpaired) electrons. The van der Waals surface area contributed by atoms with Gasteiger partial charge in [-0.25, -0.2) is 9.78 Å². The summed E-state index contributed by atoms with van der Waals surface area (Å²) in [5.41, 5.74) is 2.60. The van der Waals surface area contributed by atoms with Crippen molar-refractivity contribution in [2.45, 2.75) is 32.4 Å². The van der Waals surface area contributed by atoms with Crippen LogP contribution in [0.1, 0.15) is 27.4 Å². The largest absolute Gasteiger partial charge is 0.490 e. The molecule has 3 aromatic rings. The van der Waals surface area contributed by atoms with Crippen LogP contribution < -0.4 is 5.32 Å². The lowest BCUT2D eigenvalue weighted by molar-refractivity contribution is -0.192. The van der Waals surface area contributed by atoms with Crippen LogP contribution in [0.15, 0.2) is 41.6 Å². The highest BCUT2D eigenvalue weighted by Crippen LogP contribution is 2.16. The number of aromatic nitrogens is 4. The molecule has 1 aliphatic rings. The van der Waals surface area contributed by atoms with Crippen LogP contribution in [0.25, 0.3) is 0 Å². The molecule has 0 saturated heterocycles. The standard InChI is InChI=1S/C17H20N6O2.C2HF3O2/c1-21-9-14(6-19-21)17(24)18-7-15-10-23-4-3-22(11-16(23)20-15)8-13-2-5-25-12-13;3-2(4,5)1(6)7/h2,5-6,9-10,12H,3-4,7-8,11H2,1H3,(H,18,24);(H,6,7). The second-order valence-electron chi connectivity index (χ2n) is 7.07. The van der Waals surface area contributed by atoms with Crippen molar-refractivity contribution in [3.05, 3.63) is 59.8 Å². The van der Waals surface area contributed by atoms with Crippen molar-refractivity contribution in [3.63, 3.8) is 0 Å². The van der Waals surface area contributed by atoms with E-state index >= 15 is 0 Å². The number of amides is 1. The van der Waals surface area contributed by atoms with Gasteiger partial charge in [0, 0.05) is 44.6 Å². The Balaban J connectivity index is 0.000000360. The second kappa shape index (κ2) is 9.68. The monoisotopic (exact) mass is 454 g/mol. The smallest absolute Gasteiger partial charge is 0.475 e. The third-order valence-corrected chi connectivity index (χ3v) is 4.56. The fourth-order valence-corrected chi connectivity index (χ4v) is 3.03. The number of carboxylic acid groups (broad SMARTS) is 1. The zero-order chi connectivity index (χ0) is 23.3. The lowest BCUT2D eigenvalue weighted by Crippen LogP contribution is -2.33. The third-order valence-electron chi connectivity index (χ3n) is 4.56. The van der Waals surface area contributed by atoms with Gasteiger partial charge in [-0.1, -0.05) is 0 Å². The molecular formula is C19H21F3N6O4. The van der Waals surface area contributed by atoms with Crippen molar-refractivity contribution in [2.75, 3.05) is 6.54 Å². The fraction of sp³-hybridized carbons (Fsp3) is 0.368. The van der Waals surface area contributed by atoms with Gasteiger partial charge in [0.15, 0.2) is 0 Å². The minimum Gasteiger partial charge on any atom is -0.475 e. The Kier molecular flexibility index (Phi) is 6.98. The van der Waals surface area contributed by atoms with Gasteiger partial charge in [0.25, 0.3) is 5.91 Å². The molecule has 4 rings (SSSR count). The zero-order valence-electron chi connectivity index (χ0n) is 17.0. The van der Waals surface area contributed by atoms with E-state index in [2.05, 4.69) is 24.9 Å². The molecule has 0 aliphatic carbocycles. The van der Waals surface area contributed by atoms with Crippen LogP contribution in [0.4, 0.5) is 13.2 Å². The summed E-state index contributed by atoms with van der Waals surface area (Å²) < 4.78 is 40.6. The SMILES string of the molecule is Cn1cc(C(=O)NCc2cn3c(n2)CN(Cc2ccoc2)CC3)cn1.O=C(O)C(F)(F)F. The predicted octanol–water partition coefficient (Wildman–Crippen LogP) is 1.79. The Hall–Kier alpha value is -3.61. The van der Waals surface area contributed by atoms with Crippen molar-refractivity contribution >= 4 is 11.9 Å². The molecule has 0 spiro atoms. The highest BCUT2D eigenvalue weighted by molar-refractivity contribution is 5.93. The zero-order valence-corrected chi connectivity index (χ0v) is 17.0. The maximum atomic E-state index is 12.1. The van der Waals surface area contributed by atoms with Gasteiger partial charge in [0.1, 0.15) is 5.82 Å². The number of hydrogen-bond donors (Lipinski definition) is 2. The van der Waals surface area contributed by atoms with E-state index in [0.717, 1.165) is 37.7 Å². The molecule has 32 heavy (non-hydrogen) atoms. The van der Waals surface area contributed by atoms with E-state index in [1.165, 1.54) is 5.56 Å². The second-order valence-corrected chi connectivity index (χ2v) is 7.07. The summed E-state index contributed by atoms with van der Waals surface area (Å²) in [6.07, 6.45) is 3.67. The van der Waals surface area contributed by atoms with Crippen molar-refractivity contribution in [1.82, 2.24) is 29.5 Å². The Morgan fingerprint density at radius 2 is 2.03 bits per heavy atom. The highest BCUT2D eigenvalue weighted by atomic mass is 19.4. The molecule has 0 atom stereocenters. The van der Waals surface area contributed by atoms with Gasteiger partial charge >= 0.3 is 12.1 Å². The molecule has 3 aromatic heterocycles. The van der Waals surface area contributed by atoms with E-state index in [1.807, 2.05) is 12.3 Å². The number of hydrogen-bond acceptors (Lipinski definition) is 6. The summed E-state index contributed by atoms with van der Waals surface area (Å²) >= 11 is 0. The summed E-state index contributed by atoms with van der Waals surface area (Å²) in [5.74, 6) is -1.87. The molecule has 0 saturated carbocycles. The van der Waals surface area contributed by atoms with Gasteiger partial charge in [-0.2, -0.15) is 18.3 Å². The van der Waals surface area contributed by atoms with E-state index in [1.54, 1.807) is 36.6 Å². The first-order valence-electron chi connectivity index (χ1n) is 9.47. The van der Waals surface area contributed by atoms with Gasteiger partial charge in [-0.15, -0.1) is 0 Å². The van der Waals surface area contributed by atoms with Gasteiger partial charge in [0.05, 0.1) is 43.1 Å². The summed E-state index contributed by atoms with van der Waals surface area (Å²) in [6.45, 7) is 3.93. The summed E-state index contributed by atoms with van der Waals surface area (Å²) in [7, 11) is 1.79. The first kappa shape index (κ1) is 23.1. The van der Waals surface area contributed by atoms with Gasteiger partial charge in [0.2, 0.25) is 0 Å². The number of carboxylic acids is 1. The van der Waals surface area contributed by atoms with Crippen molar-refractivity contribution in [3.8, 4) is 0 Å². The first-order chi connectivity index (χ1) is 15.1.